The average molecular weight is 233 g/mol. The first-order valence-corrected chi connectivity index (χ1v) is 5.38. The molecule has 0 fully saturated rings. The number of methoxy groups -OCH3 is 1. The Morgan fingerprint density at radius 3 is 2.59 bits per heavy atom. The molecule has 1 N–H and O–H groups in total. The average Bonchev–Trinajstić information content (AvgIpc) is 2.37. The van der Waals surface area contributed by atoms with Crippen LogP contribution in [0.2, 0.25) is 0 Å². The molecule has 0 bridgehead atoms. The van der Waals surface area contributed by atoms with Crippen molar-refractivity contribution < 1.29 is 14.6 Å². The third-order valence-electron chi connectivity index (χ3n) is 2.66. The molecule has 1 aromatic rings. The van der Waals surface area contributed by atoms with E-state index in [9.17, 15) is 4.79 Å². The molecule has 0 aromatic heterocycles. The van der Waals surface area contributed by atoms with Crippen molar-refractivity contribution in [1.82, 2.24) is 0 Å². The van der Waals surface area contributed by atoms with Crippen molar-refractivity contribution in [3.05, 3.63) is 34.4 Å². The second-order valence-electron chi connectivity index (χ2n) is 3.65. The number of ether oxygens (including phenoxy) is 1. The van der Waals surface area contributed by atoms with E-state index in [4.69, 9.17) is 10.4 Å². The van der Waals surface area contributed by atoms with E-state index in [0.717, 1.165) is 17.5 Å². The molecular formula is C13H15NO3. The molecule has 4 heteroatoms. The number of esters is 1. The smallest absolute Gasteiger partial charge is 0.309 e. The Balaban J connectivity index is 3.20. The van der Waals surface area contributed by atoms with Gasteiger partial charge in [0.25, 0.3) is 0 Å². The fraction of sp³-hybridized carbons (Fsp3) is 0.385. The monoisotopic (exact) mass is 233 g/mol. The number of benzene rings is 1. The van der Waals surface area contributed by atoms with Crippen molar-refractivity contribution in [2.24, 2.45) is 0 Å². The van der Waals surface area contributed by atoms with Gasteiger partial charge in [-0.25, -0.2) is 0 Å². The van der Waals surface area contributed by atoms with E-state index in [1.807, 2.05) is 13.0 Å². The summed E-state index contributed by atoms with van der Waals surface area (Å²) in [5.74, 6) is -0.326. The number of aliphatic hydroxyl groups is 1. The SMILES string of the molecule is CCc1cc(C#N)c(CO)cc1CC(=O)OC. The molecule has 0 radical (unpaired) electrons. The van der Waals surface area contributed by atoms with Gasteiger partial charge in [-0.1, -0.05) is 13.0 Å². The van der Waals surface area contributed by atoms with Gasteiger partial charge in [0, 0.05) is 0 Å². The predicted octanol–water partition coefficient (Wildman–Crippen LogP) is 1.33. The number of hydrogen-bond donors (Lipinski definition) is 1. The molecule has 0 unspecified atom stereocenters. The molecule has 0 heterocycles. The fourth-order valence-electron chi connectivity index (χ4n) is 1.70. The molecule has 0 amide bonds. The van der Waals surface area contributed by atoms with Crippen molar-refractivity contribution in [2.75, 3.05) is 7.11 Å². The van der Waals surface area contributed by atoms with Crippen LogP contribution in [0.1, 0.15) is 29.2 Å². The molecule has 0 aliphatic heterocycles. The molecule has 0 atom stereocenters. The zero-order valence-corrected chi connectivity index (χ0v) is 9.99. The van der Waals surface area contributed by atoms with Crippen LogP contribution in [0.5, 0.6) is 0 Å². The predicted molar refractivity (Wildman–Crippen MR) is 62.2 cm³/mol. The van der Waals surface area contributed by atoms with Crippen LogP contribution in [0, 0.1) is 11.3 Å². The first-order valence-electron chi connectivity index (χ1n) is 5.38. The minimum absolute atomic E-state index is 0.165. The summed E-state index contributed by atoms with van der Waals surface area (Å²) in [6.45, 7) is 1.75. The van der Waals surface area contributed by atoms with Crippen LogP contribution < -0.4 is 0 Å². The second-order valence-corrected chi connectivity index (χ2v) is 3.65. The highest BCUT2D eigenvalue weighted by atomic mass is 16.5. The highest BCUT2D eigenvalue weighted by Crippen LogP contribution is 2.18. The van der Waals surface area contributed by atoms with Gasteiger partial charge in [-0.15, -0.1) is 0 Å². The first kappa shape index (κ1) is 13.2. The summed E-state index contributed by atoms with van der Waals surface area (Å²) in [7, 11) is 1.34. The number of carbonyl (C=O) groups excluding carboxylic acids is 1. The Hall–Kier alpha value is -1.86. The minimum Gasteiger partial charge on any atom is -0.469 e. The van der Waals surface area contributed by atoms with Gasteiger partial charge in [-0.2, -0.15) is 5.26 Å². The third kappa shape index (κ3) is 3.05. The molecule has 17 heavy (non-hydrogen) atoms. The zero-order chi connectivity index (χ0) is 12.8. The minimum atomic E-state index is -0.326. The van der Waals surface area contributed by atoms with Gasteiger partial charge >= 0.3 is 5.97 Å². The van der Waals surface area contributed by atoms with Gasteiger partial charge < -0.3 is 9.84 Å². The van der Waals surface area contributed by atoms with Crippen molar-refractivity contribution in [2.45, 2.75) is 26.4 Å². The largest absolute Gasteiger partial charge is 0.469 e. The number of aliphatic hydroxyl groups excluding tert-OH is 1. The molecule has 0 saturated carbocycles. The molecule has 1 aromatic carbocycles. The standard InChI is InChI=1S/C13H15NO3/c1-3-9-4-11(7-14)12(8-15)5-10(9)6-13(16)17-2/h4-5,15H,3,6,8H2,1-2H3. The van der Waals surface area contributed by atoms with Gasteiger partial charge in [0.2, 0.25) is 0 Å². The van der Waals surface area contributed by atoms with Crippen LogP contribution in [0.3, 0.4) is 0 Å². The Morgan fingerprint density at radius 1 is 1.41 bits per heavy atom. The lowest BCUT2D eigenvalue weighted by Crippen LogP contribution is -2.08. The van der Waals surface area contributed by atoms with Crippen LogP contribution >= 0.6 is 0 Å². The molecular weight excluding hydrogens is 218 g/mol. The summed E-state index contributed by atoms with van der Waals surface area (Å²) < 4.78 is 4.62. The summed E-state index contributed by atoms with van der Waals surface area (Å²) in [5, 5.41) is 18.1. The van der Waals surface area contributed by atoms with Gasteiger partial charge in [0.05, 0.1) is 31.8 Å². The normalized spacial score (nSPS) is 9.76. The molecule has 4 nitrogen and oxygen atoms in total. The summed E-state index contributed by atoms with van der Waals surface area (Å²) in [4.78, 5) is 11.3. The maximum atomic E-state index is 11.3. The van der Waals surface area contributed by atoms with E-state index in [0.29, 0.717) is 11.1 Å². The molecule has 1 rings (SSSR count). The Labute approximate surface area is 100 Å². The van der Waals surface area contributed by atoms with Crippen molar-refractivity contribution in [1.29, 1.82) is 5.26 Å². The maximum Gasteiger partial charge on any atom is 0.309 e. The van der Waals surface area contributed by atoms with E-state index >= 15 is 0 Å². The summed E-state index contributed by atoms with van der Waals surface area (Å²) in [6, 6.07) is 5.47. The highest BCUT2D eigenvalue weighted by Gasteiger charge is 2.11. The number of aryl methyl sites for hydroxylation is 1. The Bertz CT molecular complexity index is 460. The quantitative estimate of drug-likeness (QED) is 0.796. The van der Waals surface area contributed by atoms with E-state index in [-0.39, 0.29) is 19.0 Å². The molecule has 0 aliphatic carbocycles. The Kier molecular flexibility index (Phi) is 4.68. The zero-order valence-electron chi connectivity index (χ0n) is 9.99. The van der Waals surface area contributed by atoms with Gasteiger partial charge in [0.1, 0.15) is 0 Å². The summed E-state index contributed by atoms with van der Waals surface area (Å²) in [6.07, 6.45) is 0.894. The Morgan fingerprint density at radius 2 is 2.12 bits per heavy atom. The van der Waals surface area contributed by atoms with Crippen LogP contribution in [0.15, 0.2) is 12.1 Å². The first-order chi connectivity index (χ1) is 8.15. The van der Waals surface area contributed by atoms with Crippen LogP contribution in [-0.4, -0.2) is 18.2 Å². The van der Waals surface area contributed by atoms with Crippen molar-refractivity contribution in [3.63, 3.8) is 0 Å². The summed E-state index contributed by atoms with van der Waals surface area (Å²) >= 11 is 0. The number of nitriles is 1. The molecule has 90 valence electrons. The third-order valence-corrected chi connectivity index (χ3v) is 2.66. The van der Waals surface area contributed by atoms with Gasteiger partial charge in [-0.05, 0) is 29.2 Å². The number of nitrogens with zero attached hydrogens (tertiary/aromatic N) is 1. The molecule has 0 spiro atoms. The van der Waals surface area contributed by atoms with E-state index < -0.39 is 0 Å². The van der Waals surface area contributed by atoms with Crippen LogP contribution in [0.4, 0.5) is 0 Å². The lowest BCUT2D eigenvalue weighted by molar-refractivity contribution is -0.139. The van der Waals surface area contributed by atoms with Crippen LogP contribution in [-0.2, 0) is 29.0 Å². The van der Waals surface area contributed by atoms with Gasteiger partial charge in [0.15, 0.2) is 0 Å². The van der Waals surface area contributed by atoms with Crippen molar-refractivity contribution >= 4 is 5.97 Å². The fourth-order valence-corrected chi connectivity index (χ4v) is 1.70. The molecule has 0 saturated heterocycles. The number of carbonyl (C=O) groups is 1. The highest BCUT2D eigenvalue weighted by molar-refractivity contribution is 5.73. The second kappa shape index (κ2) is 6.02. The lowest BCUT2D eigenvalue weighted by atomic mass is 9.96. The van der Waals surface area contributed by atoms with Gasteiger partial charge in [-0.3, -0.25) is 4.79 Å². The number of hydrogen-bond acceptors (Lipinski definition) is 4. The van der Waals surface area contributed by atoms with E-state index in [2.05, 4.69) is 4.74 Å². The summed E-state index contributed by atoms with van der Waals surface area (Å²) in [5.41, 5.74) is 2.74. The maximum absolute atomic E-state index is 11.3. The van der Waals surface area contributed by atoms with Crippen LogP contribution in [0.25, 0.3) is 0 Å². The number of rotatable bonds is 4. The topological polar surface area (TPSA) is 70.3 Å². The van der Waals surface area contributed by atoms with Crippen molar-refractivity contribution in [3.8, 4) is 6.07 Å². The molecule has 0 aliphatic rings. The van der Waals surface area contributed by atoms with E-state index in [1.54, 1.807) is 12.1 Å². The van der Waals surface area contributed by atoms with E-state index in [1.165, 1.54) is 7.11 Å². The lowest BCUT2D eigenvalue weighted by Gasteiger charge is -2.10.